The number of nitrogen functional groups attached to an aromatic ring is 1. The lowest BCUT2D eigenvalue weighted by molar-refractivity contribution is 0.343. The molecule has 1 heterocycles. The number of rotatable bonds is 6. The van der Waals surface area contributed by atoms with Gasteiger partial charge in [-0.05, 0) is 31.7 Å². The van der Waals surface area contributed by atoms with Crippen LogP contribution in [0.4, 0.5) is 5.95 Å². The largest absolute Gasteiger partial charge is 0.492 e. The van der Waals surface area contributed by atoms with Crippen LogP contribution in [0, 0.1) is 0 Å². The van der Waals surface area contributed by atoms with Gasteiger partial charge in [0.25, 0.3) is 0 Å². The molecule has 1 aromatic heterocycles. The number of aromatic nitrogens is 2. The van der Waals surface area contributed by atoms with Gasteiger partial charge >= 0.3 is 0 Å². The highest BCUT2D eigenvalue weighted by Crippen LogP contribution is 2.31. The van der Waals surface area contributed by atoms with Gasteiger partial charge < -0.3 is 15.0 Å². The minimum absolute atomic E-state index is 0.372. The van der Waals surface area contributed by atoms with Gasteiger partial charge in [0.15, 0.2) is 0 Å². The first kappa shape index (κ1) is 14.1. The van der Waals surface area contributed by atoms with Crippen molar-refractivity contribution in [2.24, 2.45) is 0 Å². The molecule has 0 bridgehead atoms. The summed E-state index contributed by atoms with van der Waals surface area (Å²) in [6, 6.07) is 6.37. The maximum Gasteiger partial charge on any atom is 0.201 e. The van der Waals surface area contributed by atoms with Gasteiger partial charge in [-0.2, -0.15) is 11.8 Å². The maximum absolute atomic E-state index is 6.11. The highest BCUT2D eigenvalue weighted by molar-refractivity contribution is 7.98. The normalized spacial score (nSPS) is 12.8. The summed E-state index contributed by atoms with van der Waals surface area (Å²) in [5, 5.41) is 0. The number of nitrogens with two attached hydrogens (primary N) is 1. The molecule has 0 fully saturated rings. The van der Waals surface area contributed by atoms with E-state index in [0.29, 0.717) is 18.6 Å². The van der Waals surface area contributed by atoms with Gasteiger partial charge in [0.1, 0.15) is 11.3 Å². The summed E-state index contributed by atoms with van der Waals surface area (Å²) in [6.07, 6.45) is 3.15. The lowest BCUT2D eigenvalue weighted by Gasteiger charge is -2.18. The topological polar surface area (TPSA) is 53.1 Å². The van der Waals surface area contributed by atoms with E-state index in [0.717, 1.165) is 29.0 Å². The summed E-state index contributed by atoms with van der Waals surface area (Å²) in [4.78, 5) is 4.49. The number of anilines is 1. The molecule has 2 aromatic rings. The van der Waals surface area contributed by atoms with Crippen LogP contribution in [0.2, 0.25) is 0 Å². The van der Waals surface area contributed by atoms with Crippen LogP contribution in [0.25, 0.3) is 11.0 Å². The third-order valence-corrected chi connectivity index (χ3v) is 3.92. The maximum atomic E-state index is 6.11. The lowest BCUT2D eigenvalue weighted by atomic mass is 10.2. The molecule has 0 aliphatic heterocycles. The smallest absolute Gasteiger partial charge is 0.201 e. The van der Waals surface area contributed by atoms with E-state index in [4.69, 9.17) is 10.5 Å². The van der Waals surface area contributed by atoms with Crippen molar-refractivity contribution in [3.63, 3.8) is 0 Å². The number of thioether (sulfide) groups is 1. The molecule has 104 valence electrons. The molecule has 0 saturated heterocycles. The first-order valence-electron chi connectivity index (χ1n) is 6.61. The number of hydrogen-bond donors (Lipinski definition) is 1. The van der Waals surface area contributed by atoms with Crippen LogP contribution < -0.4 is 10.5 Å². The van der Waals surface area contributed by atoms with Crippen molar-refractivity contribution in [2.75, 3.05) is 24.3 Å². The number of imidazole rings is 1. The molecule has 0 aliphatic rings. The molecule has 4 nitrogen and oxygen atoms in total. The van der Waals surface area contributed by atoms with Crippen molar-refractivity contribution < 1.29 is 4.74 Å². The Kier molecular flexibility index (Phi) is 4.58. The Morgan fingerprint density at radius 1 is 1.42 bits per heavy atom. The second kappa shape index (κ2) is 6.19. The van der Waals surface area contributed by atoms with Gasteiger partial charge in [0.05, 0.1) is 12.1 Å². The summed E-state index contributed by atoms with van der Waals surface area (Å²) < 4.78 is 7.76. The third-order valence-electron chi connectivity index (χ3n) is 3.21. The molecular weight excluding hydrogens is 258 g/mol. The molecular formula is C14H21N3OS. The highest BCUT2D eigenvalue weighted by Gasteiger charge is 2.18. The van der Waals surface area contributed by atoms with E-state index in [-0.39, 0.29) is 0 Å². The summed E-state index contributed by atoms with van der Waals surface area (Å²) in [6.45, 7) is 4.79. The molecule has 0 radical (unpaired) electrons. The number of benzene rings is 1. The Morgan fingerprint density at radius 2 is 2.21 bits per heavy atom. The van der Waals surface area contributed by atoms with Gasteiger partial charge in [-0.1, -0.05) is 13.0 Å². The van der Waals surface area contributed by atoms with Crippen LogP contribution in [0.3, 0.4) is 0 Å². The van der Waals surface area contributed by atoms with Crippen molar-refractivity contribution in [1.29, 1.82) is 0 Å². The molecule has 2 rings (SSSR count). The van der Waals surface area contributed by atoms with Gasteiger partial charge in [0, 0.05) is 11.8 Å². The molecule has 0 aliphatic carbocycles. The van der Waals surface area contributed by atoms with E-state index in [1.165, 1.54) is 0 Å². The van der Waals surface area contributed by atoms with Crippen LogP contribution in [-0.4, -0.2) is 28.2 Å². The molecule has 0 saturated carbocycles. The Hall–Kier alpha value is -1.36. The predicted octanol–water partition coefficient (Wildman–Crippen LogP) is 3.33. The molecule has 1 atom stereocenters. The van der Waals surface area contributed by atoms with Gasteiger partial charge in [-0.3, -0.25) is 0 Å². The summed E-state index contributed by atoms with van der Waals surface area (Å²) in [7, 11) is 0. The molecule has 2 N–H and O–H groups in total. The quantitative estimate of drug-likeness (QED) is 0.881. The van der Waals surface area contributed by atoms with Crippen molar-refractivity contribution in [3.8, 4) is 5.75 Å². The minimum atomic E-state index is 0.372. The lowest BCUT2D eigenvalue weighted by Crippen LogP contribution is -2.13. The standard InChI is InChI=1S/C14H21N3OS/c1-4-10(9-19-3)17-11-7-6-8-12(18-5-2)13(11)16-14(17)15/h6-8,10H,4-5,9H2,1-3H3,(H2,15,16). The Labute approximate surface area is 118 Å². The van der Waals surface area contributed by atoms with E-state index in [1.807, 2.05) is 30.8 Å². The van der Waals surface area contributed by atoms with E-state index < -0.39 is 0 Å². The number of nitrogens with zero attached hydrogens (tertiary/aromatic N) is 2. The van der Waals surface area contributed by atoms with Crippen molar-refractivity contribution in [1.82, 2.24) is 9.55 Å². The Bertz CT molecular complexity index is 553. The fourth-order valence-electron chi connectivity index (χ4n) is 2.33. The molecule has 0 spiro atoms. The highest BCUT2D eigenvalue weighted by atomic mass is 32.2. The SMILES string of the molecule is CCOc1cccc2c1nc(N)n2C(CC)CSC. The van der Waals surface area contributed by atoms with E-state index in [1.54, 1.807) is 0 Å². The van der Waals surface area contributed by atoms with Gasteiger partial charge in [-0.15, -0.1) is 0 Å². The summed E-state index contributed by atoms with van der Waals surface area (Å²) in [5.41, 5.74) is 8.03. The first-order valence-corrected chi connectivity index (χ1v) is 8.00. The second-order valence-electron chi connectivity index (χ2n) is 4.41. The molecule has 19 heavy (non-hydrogen) atoms. The molecule has 5 heteroatoms. The second-order valence-corrected chi connectivity index (χ2v) is 5.32. The summed E-state index contributed by atoms with van der Waals surface area (Å²) >= 11 is 1.83. The average molecular weight is 279 g/mol. The zero-order valence-corrected chi connectivity index (χ0v) is 12.5. The zero-order valence-electron chi connectivity index (χ0n) is 11.7. The van der Waals surface area contributed by atoms with Crippen LogP contribution in [0.1, 0.15) is 26.3 Å². The third kappa shape index (κ3) is 2.66. The van der Waals surface area contributed by atoms with E-state index in [2.05, 4.69) is 28.8 Å². The van der Waals surface area contributed by atoms with Crippen LogP contribution in [0.5, 0.6) is 5.75 Å². The average Bonchev–Trinajstić information content (AvgIpc) is 2.74. The number of ether oxygens (including phenoxy) is 1. The summed E-state index contributed by atoms with van der Waals surface area (Å²) in [5.74, 6) is 2.41. The van der Waals surface area contributed by atoms with Gasteiger partial charge in [-0.25, -0.2) is 4.98 Å². The van der Waals surface area contributed by atoms with Crippen LogP contribution in [0.15, 0.2) is 18.2 Å². The van der Waals surface area contributed by atoms with E-state index in [9.17, 15) is 0 Å². The van der Waals surface area contributed by atoms with Crippen molar-refractivity contribution in [2.45, 2.75) is 26.3 Å². The Balaban J connectivity index is 2.55. The van der Waals surface area contributed by atoms with Crippen LogP contribution >= 0.6 is 11.8 Å². The fourth-order valence-corrected chi connectivity index (χ4v) is 3.10. The molecule has 1 unspecified atom stereocenters. The molecule has 1 aromatic carbocycles. The number of para-hydroxylation sites is 1. The van der Waals surface area contributed by atoms with Crippen LogP contribution in [-0.2, 0) is 0 Å². The minimum Gasteiger partial charge on any atom is -0.492 e. The number of fused-ring (bicyclic) bond motifs is 1. The Morgan fingerprint density at radius 3 is 2.84 bits per heavy atom. The monoisotopic (exact) mass is 279 g/mol. The van der Waals surface area contributed by atoms with E-state index >= 15 is 0 Å². The van der Waals surface area contributed by atoms with Crippen molar-refractivity contribution in [3.05, 3.63) is 18.2 Å². The fraction of sp³-hybridized carbons (Fsp3) is 0.500. The first-order chi connectivity index (χ1) is 9.22. The van der Waals surface area contributed by atoms with Gasteiger partial charge in [0.2, 0.25) is 5.95 Å². The molecule has 0 amide bonds. The zero-order chi connectivity index (χ0) is 13.8. The predicted molar refractivity (Wildman–Crippen MR) is 83.0 cm³/mol. The van der Waals surface area contributed by atoms with Crippen molar-refractivity contribution >= 4 is 28.7 Å². The number of hydrogen-bond acceptors (Lipinski definition) is 4.